The lowest BCUT2D eigenvalue weighted by Gasteiger charge is -2.14. The zero-order chi connectivity index (χ0) is 20.8. The average molecular weight is 392 g/mol. The van der Waals surface area contributed by atoms with Crippen molar-refractivity contribution >= 4 is 22.5 Å². The topological polar surface area (TPSA) is 72.8 Å². The molecule has 0 unspecified atom stereocenters. The number of carbonyl (C=O) groups is 2. The average Bonchev–Trinajstić information content (AvgIpc) is 2.72. The molecule has 29 heavy (non-hydrogen) atoms. The Hall–Kier alpha value is -3.34. The van der Waals surface area contributed by atoms with Crippen molar-refractivity contribution in [3.8, 4) is 11.5 Å². The summed E-state index contributed by atoms with van der Waals surface area (Å²) < 4.78 is 11.0. The van der Waals surface area contributed by atoms with Crippen LogP contribution in [-0.4, -0.2) is 30.1 Å². The van der Waals surface area contributed by atoms with E-state index in [0.29, 0.717) is 23.3 Å². The second kappa shape index (κ2) is 9.24. The van der Waals surface area contributed by atoms with Gasteiger partial charge in [0.15, 0.2) is 5.78 Å². The minimum atomic E-state index is -0.414. The van der Waals surface area contributed by atoms with Crippen LogP contribution in [0.1, 0.15) is 46.5 Å². The molecule has 3 rings (SSSR count). The maximum atomic E-state index is 12.3. The maximum Gasteiger partial charge on any atom is 0.338 e. The summed E-state index contributed by atoms with van der Waals surface area (Å²) in [5.41, 5.74) is 1.36. The summed E-state index contributed by atoms with van der Waals surface area (Å²) in [6.07, 6.45) is 1.38. The molecule has 0 radical (unpaired) electrons. The largest absolute Gasteiger partial charge is 0.507 e. The van der Waals surface area contributed by atoms with Crippen LogP contribution in [0.5, 0.6) is 11.5 Å². The van der Waals surface area contributed by atoms with Gasteiger partial charge in [-0.15, -0.1) is 0 Å². The van der Waals surface area contributed by atoms with E-state index in [9.17, 15) is 14.7 Å². The van der Waals surface area contributed by atoms with Gasteiger partial charge in [-0.3, -0.25) is 4.79 Å². The number of phenolic OH excluding ortho intramolecular Hbond substituents is 1. The van der Waals surface area contributed by atoms with Gasteiger partial charge < -0.3 is 14.6 Å². The molecule has 0 saturated heterocycles. The van der Waals surface area contributed by atoms with E-state index in [1.165, 1.54) is 6.92 Å². The number of esters is 1. The first-order valence-electron chi connectivity index (χ1n) is 9.65. The molecule has 0 aliphatic heterocycles. The first-order valence-corrected chi connectivity index (χ1v) is 9.65. The Morgan fingerprint density at radius 3 is 2.45 bits per heavy atom. The summed E-state index contributed by atoms with van der Waals surface area (Å²) in [6, 6.07) is 16.5. The van der Waals surface area contributed by atoms with Crippen molar-refractivity contribution in [2.75, 3.05) is 13.2 Å². The molecule has 5 heteroatoms. The van der Waals surface area contributed by atoms with E-state index < -0.39 is 5.97 Å². The van der Waals surface area contributed by atoms with E-state index >= 15 is 0 Å². The minimum Gasteiger partial charge on any atom is -0.507 e. The summed E-state index contributed by atoms with van der Waals surface area (Å²) in [5, 5.41) is 12.4. The normalized spacial score (nSPS) is 10.7. The number of aromatic hydroxyl groups is 1. The molecular weight excluding hydrogens is 368 g/mol. The molecule has 0 aliphatic carbocycles. The van der Waals surface area contributed by atoms with E-state index in [1.807, 2.05) is 37.3 Å². The van der Waals surface area contributed by atoms with Gasteiger partial charge >= 0.3 is 5.97 Å². The summed E-state index contributed by atoms with van der Waals surface area (Å²) in [7, 11) is 0. The lowest BCUT2D eigenvalue weighted by molar-refractivity contribution is 0.0449. The molecule has 1 N–H and O–H groups in total. The van der Waals surface area contributed by atoms with Crippen molar-refractivity contribution in [3.05, 3.63) is 71.3 Å². The van der Waals surface area contributed by atoms with Crippen molar-refractivity contribution in [2.24, 2.45) is 0 Å². The predicted octanol–water partition coefficient (Wildman–Crippen LogP) is 4.94. The van der Waals surface area contributed by atoms with Gasteiger partial charge in [-0.2, -0.15) is 0 Å². The monoisotopic (exact) mass is 392 g/mol. The molecule has 0 aromatic heterocycles. The van der Waals surface area contributed by atoms with E-state index in [-0.39, 0.29) is 30.3 Å². The van der Waals surface area contributed by atoms with E-state index in [0.717, 1.165) is 17.2 Å². The Morgan fingerprint density at radius 1 is 0.966 bits per heavy atom. The van der Waals surface area contributed by atoms with E-state index in [4.69, 9.17) is 9.47 Å². The highest BCUT2D eigenvalue weighted by Gasteiger charge is 2.16. The Bertz CT molecular complexity index is 1040. The highest BCUT2D eigenvalue weighted by atomic mass is 16.6. The van der Waals surface area contributed by atoms with Gasteiger partial charge in [0.1, 0.15) is 24.7 Å². The number of fused-ring (bicyclic) bond motifs is 1. The number of benzene rings is 3. The lowest BCUT2D eigenvalue weighted by Crippen LogP contribution is -2.13. The number of ether oxygens (including phenoxy) is 2. The summed E-state index contributed by atoms with van der Waals surface area (Å²) in [5.74, 6) is -0.153. The van der Waals surface area contributed by atoms with Crippen LogP contribution >= 0.6 is 0 Å². The molecule has 0 spiro atoms. The molecule has 3 aromatic rings. The second-order valence-electron chi connectivity index (χ2n) is 6.79. The van der Waals surface area contributed by atoms with Crippen LogP contribution < -0.4 is 4.74 Å². The number of phenols is 1. The highest BCUT2D eigenvalue weighted by Crippen LogP contribution is 2.33. The molecule has 0 saturated carbocycles. The first-order chi connectivity index (χ1) is 14.0. The van der Waals surface area contributed by atoms with Gasteiger partial charge in [0.25, 0.3) is 0 Å². The molecular formula is C24H24O5. The fourth-order valence-corrected chi connectivity index (χ4v) is 3.21. The predicted molar refractivity (Wildman–Crippen MR) is 112 cm³/mol. The Balaban J connectivity index is 1.61. The molecule has 0 amide bonds. The third-order valence-corrected chi connectivity index (χ3v) is 4.68. The van der Waals surface area contributed by atoms with E-state index in [1.54, 1.807) is 24.3 Å². The van der Waals surface area contributed by atoms with Gasteiger partial charge in [0.2, 0.25) is 0 Å². The number of carbonyl (C=O) groups excluding carboxylic acids is 2. The van der Waals surface area contributed by atoms with E-state index in [2.05, 4.69) is 0 Å². The third kappa shape index (κ3) is 4.74. The number of rotatable bonds is 8. The first kappa shape index (κ1) is 20.4. The van der Waals surface area contributed by atoms with Crippen molar-refractivity contribution < 1.29 is 24.2 Å². The number of ketones is 1. The van der Waals surface area contributed by atoms with Crippen LogP contribution in [0.25, 0.3) is 10.8 Å². The molecule has 0 atom stereocenters. The zero-order valence-electron chi connectivity index (χ0n) is 16.6. The smallest absolute Gasteiger partial charge is 0.338 e. The van der Waals surface area contributed by atoms with Crippen LogP contribution in [0, 0.1) is 0 Å². The van der Waals surface area contributed by atoms with Crippen molar-refractivity contribution in [1.29, 1.82) is 0 Å². The summed E-state index contributed by atoms with van der Waals surface area (Å²) in [4.78, 5) is 23.9. The van der Waals surface area contributed by atoms with Crippen LogP contribution in [0.3, 0.4) is 0 Å². The number of hydrogen-bond donors (Lipinski definition) is 1. The molecule has 150 valence electrons. The molecule has 3 aromatic carbocycles. The van der Waals surface area contributed by atoms with Gasteiger partial charge in [0, 0.05) is 5.56 Å². The summed E-state index contributed by atoms with van der Waals surface area (Å²) >= 11 is 0. The second-order valence-corrected chi connectivity index (χ2v) is 6.79. The Labute approximate surface area is 169 Å². The number of hydrogen-bond acceptors (Lipinski definition) is 5. The molecule has 5 nitrogen and oxygen atoms in total. The molecule has 0 fully saturated rings. The van der Waals surface area contributed by atoms with Gasteiger partial charge in [-0.1, -0.05) is 43.7 Å². The Morgan fingerprint density at radius 2 is 1.72 bits per heavy atom. The highest BCUT2D eigenvalue weighted by molar-refractivity contribution is 5.97. The minimum absolute atomic E-state index is 0.0370. The summed E-state index contributed by atoms with van der Waals surface area (Å²) in [6.45, 7) is 3.62. The Kier molecular flexibility index (Phi) is 6.50. The van der Waals surface area contributed by atoms with Gasteiger partial charge in [-0.05, 0) is 48.4 Å². The van der Waals surface area contributed by atoms with Crippen molar-refractivity contribution in [2.45, 2.75) is 26.7 Å². The lowest BCUT2D eigenvalue weighted by atomic mass is 10.0. The quantitative estimate of drug-likeness (QED) is 0.334. The zero-order valence-corrected chi connectivity index (χ0v) is 16.6. The van der Waals surface area contributed by atoms with Crippen LogP contribution in [-0.2, 0) is 11.2 Å². The molecule has 0 bridgehead atoms. The third-order valence-electron chi connectivity index (χ3n) is 4.68. The molecule has 0 heterocycles. The fourth-order valence-electron chi connectivity index (χ4n) is 3.21. The molecule has 0 aliphatic rings. The van der Waals surface area contributed by atoms with Gasteiger partial charge in [0.05, 0.1) is 11.1 Å². The van der Waals surface area contributed by atoms with Crippen LogP contribution in [0.4, 0.5) is 0 Å². The van der Waals surface area contributed by atoms with Crippen LogP contribution in [0.15, 0.2) is 54.6 Å². The van der Waals surface area contributed by atoms with Crippen molar-refractivity contribution in [1.82, 2.24) is 0 Å². The van der Waals surface area contributed by atoms with Crippen molar-refractivity contribution in [3.63, 3.8) is 0 Å². The maximum absolute atomic E-state index is 12.3. The van der Waals surface area contributed by atoms with Crippen LogP contribution in [0.2, 0.25) is 0 Å². The fraction of sp³-hybridized carbons (Fsp3) is 0.250. The SMILES string of the molecule is CCCc1c(OCCOC(=O)c2ccc3ccccc3c2)ccc(C(C)=O)c1O. The standard InChI is InChI=1S/C24H24O5/c1-3-6-21-22(12-11-20(16(2)25)23(21)26)28-13-14-29-24(27)19-10-9-17-7-4-5-8-18(17)15-19/h4-5,7-12,15,26H,3,6,13-14H2,1-2H3. The van der Waals surface area contributed by atoms with Gasteiger partial charge in [-0.25, -0.2) is 4.79 Å². The number of Topliss-reactive ketones (excluding diaryl/α,β-unsaturated/α-hetero) is 1.